The highest BCUT2D eigenvalue weighted by atomic mass is 35.5. The van der Waals surface area contributed by atoms with Crippen LogP contribution in [-0.2, 0) is 0 Å². The SMILES string of the molecule is Cl.O=C(c1ccc(F)cc1Cl)N1CCN(CC2CCCNC2)CC1. The maximum atomic E-state index is 13.1. The fourth-order valence-corrected chi connectivity index (χ4v) is 3.66. The molecular formula is C17H24Cl2FN3O. The first-order valence-corrected chi connectivity index (χ1v) is 8.68. The van der Waals surface area contributed by atoms with Gasteiger partial charge in [0.15, 0.2) is 0 Å². The quantitative estimate of drug-likeness (QED) is 0.881. The molecule has 2 aliphatic heterocycles. The number of rotatable bonds is 3. The van der Waals surface area contributed by atoms with Crippen molar-refractivity contribution < 1.29 is 9.18 Å². The van der Waals surface area contributed by atoms with Crippen molar-refractivity contribution in [1.29, 1.82) is 0 Å². The van der Waals surface area contributed by atoms with Crippen molar-refractivity contribution in [2.45, 2.75) is 12.8 Å². The molecule has 0 aromatic heterocycles. The van der Waals surface area contributed by atoms with E-state index in [0.29, 0.717) is 18.7 Å². The van der Waals surface area contributed by atoms with Gasteiger partial charge in [-0.1, -0.05) is 11.6 Å². The molecule has 1 aromatic carbocycles. The van der Waals surface area contributed by atoms with Crippen molar-refractivity contribution in [1.82, 2.24) is 15.1 Å². The van der Waals surface area contributed by atoms with Crippen LogP contribution in [0.25, 0.3) is 0 Å². The zero-order valence-electron chi connectivity index (χ0n) is 13.6. The first-order valence-electron chi connectivity index (χ1n) is 8.31. The van der Waals surface area contributed by atoms with Crippen molar-refractivity contribution in [2.24, 2.45) is 5.92 Å². The Morgan fingerprint density at radius 1 is 1.29 bits per heavy atom. The molecule has 134 valence electrons. The molecule has 4 nitrogen and oxygen atoms in total. The molecule has 1 aromatic rings. The highest BCUT2D eigenvalue weighted by Crippen LogP contribution is 2.20. The number of nitrogens with zero attached hydrogens (tertiary/aromatic N) is 2. The van der Waals surface area contributed by atoms with E-state index >= 15 is 0 Å². The van der Waals surface area contributed by atoms with E-state index in [1.807, 2.05) is 4.90 Å². The summed E-state index contributed by atoms with van der Waals surface area (Å²) in [5.74, 6) is 0.198. The van der Waals surface area contributed by atoms with Crippen LogP contribution >= 0.6 is 24.0 Å². The molecule has 2 aliphatic rings. The lowest BCUT2D eigenvalue weighted by Crippen LogP contribution is -2.50. The zero-order chi connectivity index (χ0) is 16.2. The van der Waals surface area contributed by atoms with Crippen LogP contribution in [0.1, 0.15) is 23.2 Å². The van der Waals surface area contributed by atoms with Gasteiger partial charge in [-0.05, 0) is 50.0 Å². The van der Waals surface area contributed by atoms with Crippen molar-refractivity contribution >= 4 is 29.9 Å². The van der Waals surface area contributed by atoms with Crippen LogP contribution in [0.3, 0.4) is 0 Å². The first kappa shape index (κ1) is 19.4. The highest BCUT2D eigenvalue weighted by molar-refractivity contribution is 6.33. The number of hydrogen-bond acceptors (Lipinski definition) is 3. The molecule has 2 heterocycles. The molecule has 1 N–H and O–H groups in total. The lowest BCUT2D eigenvalue weighted by Gasteiger charge is -2.37. The Bertz CT molecular complexity index is 559. The van der Waals surface area contributed by atoms with Gasteiger partial charge in [0, 0.05) is 32.7 Å². The van der Waals surface area contributed by atoms with Gasteiger partial charge in [-0.3, -0.25) is 9.69 Å². The Morgan fingerprint density at radius 2 is 2.04 bits per heavy atom. The van der Waals surface area contributed by atoms with Crippen molar-refractivity contribution in [3.05, 3.63) is 34.6 Å². The van der Waals surface area contributed by atoms with Gasteiger partial charge in [0.25, 0.3) is 5.91 Å². The zero-order valence-corrected chi connectivity index (χ0v) is 15.2. The minimum absolute atomic E-state index is 0. The van der Waals surface area contributed by atoms with Gasteiger partial charge < -0.3 is 10.2 Å². The van der Waals surface area contributed by atoms with Gasteiger partial charge in [0.1, 0.15) is 5.82 Å². The number of hydrogen-bond donors (Lipinski definition) is 1. The minimum atomic E-state index is -0.419. The monoisotopic (exact) mass is 375 g/mol. The summed E-state index contributed by atoms with van der Waals surface area (Å²) in [5.41, 5.74) is 0.387. The fourth-order valence-electron chi connectivity index (χ4n) is 3.41. The first-order chi connectivity index (χ1) is 11.1. The highest BCUT2D eigenvalue weighted by Gasteiger charge is 2.25. The standard InChI is InChI=1S/C17H23ClFN3O.ClH/c18-16-10-14(19)3-4-15(16)17(23)22-8-6-21(7-9-22)12-13-2-1-5-20-11-13;/h3-4,10,13,20H,1-2,5-9,11-12H2;1H. The summed E-state index contributed by atoms with van der Waals surface area (Å²) in [6.07, 6.45) is 2.55. The summed E-state index contributed by atoms with van der Waals surface area (Å²) in [7, 11) is 0. The van der Waals surface area contributed by atoms with Crippen LogP contribution in [0, 0.1) is 11.7 Å². The average Bonchev–Trinajstić information content (AvgIpc) is 2.56. The van der Waals surface area contributed by atoms with Gasteiger partial charge in [0.2, 0.25) is 0 Å². The molecule has 7 heteroatoms. The summed E-state index contributed by atoms with van der Waals surface area (Å²) in [4.78, 5) is 16.8. The van der Waals surface area contributed by atoms with E-state index in [0.717, 1.165) is 38.6 Å². The smallest absolute Gasteiger partial charge is 0.255 e. The van der Waals surface area contributed by atoms with Crippen molar-refractivity contribution in [3.8, 4) is 0 Å². The Hall–Kier alpha value is -0.880. The molecule has 3 rings (SSSR count). The van der Waals surface area contributed by atoms with Crippen LogP contribution < -0.4 is 5.32 Å². The summed E-state index contributed by atoms with van der Waals surface area (Å²) >= 11 is 6.00. The van der Waals surface area contributed by atoms with E-state index < -0.39 is 5.82 Å². The number of piperazine rings is 1. The number of carbonyl (C=O) groups is 1. The third kappa shape index (κ3) is 4.82. The predicted octanol–water partition coefficient (Wildman–Crippen LogP) is 2.66. The second-order valence-corrected chi connectivity index (χ2v) is 6.84. The normalized spacial score (nSPS) is 22.1. The second-order valence-electron chi connectivity index (χ2n) is 6.43. The lowest BCUT2D eigenvalue weighted by molar-refractivity contribution is 0.0610. The number of nitrogens with one attached hydrogen (secondary N) is 1. The van der Waals surface area contributed by atoms with Gasteiger partial charge >= 0.3 is 0 Å². The molecule has 1 unspecified atom stereocenters. The summed E-state index contributed by atoms with van der Waals surface area (Å²) in [6, 6.07) is 3.95. The van der Waals surface area contributed by atoms with Crippen molar-refractivity contribution in [2.75, 3.05) is 45.8 Å². The second kappa shape index (κ2) is 8.99. The molecule has 2 saturated heterocycles. The molecular weight excluding hydrogens is 352 g/mol. The number of carbonyl (C=O) groups excluding carboxylic acids is 1. The molecule has 2 fully saturated rings. The van der Waals surface area contributed by atoms with Crippen LogP contribution in [0.4, 0.5) is 4.39 Å². The van der Waals surface area contributed by atoms with Crippen LogP contribution in [0.2, 0.25) is 5.02 Å². The minimum Gasteiger partial charge on any atom is -0.336 e. The Balaban J connectivity index is 0.00000208. The molecule has 0 radical (unpaired) electrons. The Labute approximate surface area is 153 Å². The topological polar surface area (TPSA) is 35.6 Å². The van der Waals surface area contributed by atoms with Crippen LogP contribution in [-0.4, -0.2) is 61.5 Å². The van der Waals surface area contributed by atoms with E-state index in [1.165, 1.54) is 31.0 Å². The molecule has 1 atom stereocenters. The molecule has 0 saturated carbocycles. The maximum Gasteiger partial charge on any atom is 0.255 e. The largest absolute Gasteiger partial charge is 0.336 e. The van der Waals surface area contributed by atoms with Gasteiger partial charge in [-0.15, -0.1) is 12.4 Å². The third-order valence-corrected chi connectivity index (χ3v) is 5.05. The van der Waals surface area contributed by atoms with Gasteiger partial charge in [-0.2, -0.15) is 0 Å². The number of piperidine rings is 1. The van der Waals surface area contributed by atoms with Gasteiger partial charge in [0.05, 0.1) is 10.6 Å². The Kier molecular flexibility index (Phi) is 7.29. The molecule has 1 amide bonds. The molecule has 0 spiro atoms. The number of amides is 1. The van der Waals surface area contributed by atoms with E-state index in [2.05, 4.69) is 10.2 Å². The fraction of sp³-hybridized carbons (Fsp3) is 0.588. The van der Waals surface area contributed by atoms with E-state index in [9.17, 15) is 9.18 Å². The molecule has 0 bridgehead atoms. The van der Waals surface area contributed by atoms with Gasteiger partial charge in [-0.25, -0.2) is 4.39 Å². The van der Waals surface area contributed by atoms with Crippen LogP contribution in [0.5, 0.6) is 0 Å². The van der Waals surface area contributed by atoms with E-state index in [-0.39, 0.29) is 23.3 Å². The summed E-state index contributed by atoms with van der Waals surface area (Å²) in [6.45, 7) is 6.52. The summed E-state index contributed by atoms with van der Waals surface area (Å²) < 4.78 is 13.1. The lowest BCUT2D eigenvalue weighted by atomic mass is 9.99. The average molecular weight is 376 g/mol. The van der Waals surface area contributed by atoms with Crippen LogP contribution in [0.15, 0.2) is 18.2 Å². The van der Waals surface area contributed by atoms with Crippen molar-refractivity contribution in [3.63, 3.8) is 0 Å². The maximum absolute atomic E-state index is 13.1. The summed E-state index contributed by atoms with van der Waals surface area (Å²) in [5, 5.41) is 3.63. The molecule has 0 aliphatic carbocycles. The van der Waals surface area contributed by atoms with E-state index in [1.54, 1.807) is 0 Å². The third-order valence-electron chi connectivity index (χ3n) is 4.74. The Morgan fingerprint density at radius 3 is 2.67 bits per heavy atom. The number of halogens is 3. The predicted molar refractivity (Wildman–Crippen MR) is 96.6 cm³/mol. The molecule has 24 heavy (non-hydrogen) atoms. The van der Waals surface area contributed by atoms with E-state index in [4.69, 9.17) is 11.6 Å². The number of benzene rings is 1.